The van der Waals surface area contributed by atoms with E-state index < -0.39 is 0 Å². The van der Waals surface area contributed by atoms with E-state index in [0.717, 1.165) is 28.5 Å². The Morgan fingerprint density at radius 1 is 1.08 bits per heavy atom. The lowest BCUT2D eigenvalue weighted by Gasteiger charge is -2.18. The molecular formula is C21H19NO3S. The van der Waals surface area contributed by atoms with Gasteiger partial charge in [0.25, 0.3) is 0 Å². The van der Waals surface area contributed by atoms with Gasteiger partial charge in [-0.05, 0) is 41.5 Å². The molecule has 1 aliphatic rings. The number of nitrogens with zero attached hydrogens (tertiary/aromatic N) is 1. The number of carbonyl (C=O) groups excluding carboxylic acids is 1. The normalized spacial score (nSPS) is 15.5. The first kappa shape index (κ1) is 16.8. The number of hydrogen-bond acceptors (Lipinski definition) is 4. The molecule has 0 saturated heterocycles. The highest BCUT2D eigenvalue weighted by atomic mass is 32.2. The molecule has 2 aromatic carbocycles. The third-order valence-electron chi connectivity index (χ3n) is 4.59. The standard InChI is InChI=1S/C21H19NO3S/c1-24-17-10-8-14(9-11-17)19-18(21(23)25-2)12-16-13-26-20(22(16)19)15-6-4-3-5-7-15/h3-12,20H,13H2,1-2H3/t20-/m1/s1. The third kappa shape index (κ3) is 2.78. The fourth-order valence-corrected chi connectivity index (χ4v) is 4.66. The Morgan fingerprint density at radius 2 is 1.81 bits per heavy atom. The molecule has 5 heteroatoms. The first-order valence-corrected chi connectivity index (χ1v) is 9.41. The molecule has 26 heavy (non-hydrogen) atoms. The molecule has 4 nitrogen and oxygen atoms in total. The summed E-state index contributed by atoms with van der Waals surface area (Å²) in [6, 6.07) is 20.1. The first-order chi connectivity index (χ1) is 12.7. The molecule has 0 amide bonds. The molecule has 1 aliphatic heterocycles. The van der Waals surface area contributed by atoms with Crippen LogP contribution >= 0.6 is 11.8 Å². The van der Waals surface area contributed by atoms with Gasteiger partial charge in [-0.15, -0.1) is 11.8 Å². The highest BCUT2D eigenvalue weighted by Crippen LogP contribution is 2.46. The van der Waals surface area contributed by atoms with Crippen molar-refractivity contribution in [2.45, 2.75) is 11.1 Å². The van der Waals surface area contributed by atoms with Crippen LogP contribution in [0, 0.1) is 0 Å². The number of aromatic nitrogens is 1. The first-order valence-electron chi connectivity index (χ1n) is 8.36. The van der Waals surface area contributed by atoms with Crippen LogP contribution in [0.3, 0.4) is 0 Å². The van der Waals surface area contributed by atoms with Crippen molar-refractivity contribution in [1.82, 2.24) is 4.57 Å². The summed E-state index contributed by atoms with van der Waals surface area (Å²) in [5, 5.41) is 0.140. The minimum Gasteiger partial charge on any atom is -0.497 e. The van der Waals surface area contributed by atoms with Crippen LogP contribution in [0.2, 0.25) is 0 Å². The van der Waals surface area contributed by atoms with Crippen LogP contribution in [0.4, 0.5) is 0 Å². The monoisotopic (exact) mass is 365 g/mol. The predicted octanol–water partition coefficient (Wildman–Crippen LogP) is 4.74. The van der Waals surface area contributed by atoms with Crippen molar-refractivity contribution in [3.05, 3.63) is 77.5 Å². The van der Waals surface area contributed by atoms with Crippen molar-refractivity contribution in [2.24, 2.45) is 0 Å². The van der Waals surface area contributed by atoms with E-state index in [1.54, 1.807) is 7.11 Å². The Morgan fingerprint density at radius 3 is 2.46 bits per heavy atom. The smallest absolute Gasteiger partial charge is 0.340 e. The maximum Gasteiger partial charge on any atom is 0.340 e. The van der Waals surface area contributed by atoms with Gasteiger partial charge in [-0.3, -0.25) is 0 Å². The molecule has 0 aliphatic carbocycles. The molecule has 0 radical (unpaired) electrons. The molecule has 3 aromatic rings. The van der Waals surface area contributed by atoms with E-state index in [9.17, 15) is 4.79 Å². The molecule has 0 fully saturated rings. The van der Waals surface area contributed by atoms with Gasteiger partial charge >= 0.3 is 5.97 Å². The number of esters is 1. The van der Waals surface area contributed by atoms with Gasteiger partial charge in [0.1, 0.15) is 11.1 Å². The van der Waals surface area contributed by atoms with Crippen molar-refractivity contribution >= 4 is 17.7 Å². The number of benzene rings is 2. The number of rotatable bonds is 4. The Hall–Kier alpha value is -2.66. The van der Waals surface area contributed by atoms with E-state index in [1.807, 2.05) is 60.3 Å². The summed E-state index contributed by atoms with van der Waals surface area (Å²) in [5.74, 6) is 1.34. The lowest BCUT2D eigenvalue weighted by molar-refractivity contribution is 0.0601. The number of fused-ring (bicyclic) bond motifs is 1. The van der Waals surface area contributed by atoms with Crippen LogP contribution in [-0.2, 0) is 10.5 Å². The van der Waals surface area contributed by atoms with Gasteiger partial charge in [0, 0.05) is 11.4 Å². The summed E-state index contributed by atoms with van der Waals surface area (Å²) in [6.45, 7) is 0. The molecule has 2 heterocycles. The lowest BCUT2D eigenvalue weighted by Crippen LogP contribution is -2.08. The van der Waals surface area contributed by atoms with E-state index in [0.29, 0.717) is 5.56 Å². The van der Waals surface area contributed by atoms with E-state index in [4.69, 9.17) is 9.47 Å². The second-order valence-corrected chi connectivity index (χ2v) is 7.13. The highest BCUT2D eigenvalue weighted by molar-refractivity contribution is 7.99. The zero-order valence-electron chi connectivity index (χ0n) is 14.6. The summed E-state index contributed by atoms with van der Waals surface area (Å²) in [4.78, 5) is 12.4. The number of ether oxygens (including phenoxy) is 2. The van der Waals surface area contributed by atoms with E-state index in [2.05, 4.69) is 16.7 Å². The van der Waals surface area contributed by atoms with Gasteiger partial charge in [-0.1, -0.05) is 30.3 Å². The number of carbonyl (C=O) groups is 1. The molecular weight excluding hydrogens is 346 g/mol. The quantitative estimate of drug-likeness (QED) is 0.626. The Kier molecular flexibility index (Phi) is 4.47. The maximum absolute atomic E-state index is 12.4. The van der Waals surface area contributed by atoms with E-state index in [-0.39, 0.29) is 11.3 Å². The summed E-state index contributed by atoms with van der Waals surface area (Å²) in [7, 11) is 3.07. The SMILES string of the molecule is COC(=O)c1cc2n(c1-c1ccc(OC)cc1)[C@@H](c1ccccc1)SC2. The molecule has 0 saturated carbocycles. The molecule has 0 bridgehead atoms. The summed E-state index contributed by atoms with van der Waals surface area (Å²) >= 11 is 1.86. The fourth-order valence-electron chi connectivity index (χ4n) is 3.37. The Labute approximate surface area is 156 Å². The van der Waals surface area contributed by atoms with Gasteiger partial charge in [-0.2, -0.15) is 0 Å². The minimum atomic E-state index is -0.311. The molecule has 0 N–H and O–H groups in total. The number of methoxy groups -OCH3 is 2. The van der Waals surface area contributed by atoms with Gasteiger partial charge in [0.2, 0.25) is 0 Å². The summed E-state index contributed by atoms with van der Waals surface area (Å²) in [5.41, 5.74) is 4.83. The Balaban J connectivity index is 1.89. The van der Waals surface area contributed by atoms with Crippen molar-refractivity contribution in [3.8, 4) is 17.0 Å². The zero-order valence-corrected chi connectivity index (χ0v) is 15.5. The van der Waals surface area contributed by atoms with E-state index in [1.165, 1.54) is 12.7 Å². The predicted molar refractivity (Wildman–Crippen MR) is 104 cm³/mol. The highest BCUT2D eigenvalue weighted by Gasteiger charge is 2.31. The molecule has 132 valence electrons. The van der Waals surface area contributed by atoms with Gasteiger partial charge in [-0.25, -0.2) is 4.79 Å². The Bertz CT molecular complexity index is 932. The molecule has 1 atom stereocenters. The maximum atomic E-state index is 12.4. The zero-order chi connectivity index (χ0) is 18.1. The second-order valence-electron chi connectivity index (χ2n) is 6.06. The van der Waals surface area contributed by atoms with Gasteiger partial charge < -0.3 is 14.0 Å². The topological polar surface area (TPSA) is 40.5 Å². The van der Waals surface area contributed by atoms with Crippen LogP contribution < -0.4 is 4.74 Å². The average Bonchev–Trinajstić information content (AvgIpc) is 3.27. The molecule has 4 rings (SSSR count). The average molecular weight is 365 g/mol. The third-order valence-corrected chi connectivity index (χ3v) is 5.85. The van der Waals surface area contributed by atoms with Crippen molar-refractivity contribution in [3.63, 3.8) is 0 Å². The molecule has 0 unspecified atom stereocenters. The van der Waals surface area contributed by atoms with Crippen molar-refractivity contribution < 1.29 is 14.3 Å². The van der Waals surface area contributed by atoms with Crippen LogP contribution in [-0.4, -0.2) is 24.8 Å². The van der Waals surface area contributed by atoms with Gasteiger partial charge in [0.05, 0.1) is 25.5 Å². The van der Waals surface area contributed by atoms with Crippen molar-refractivity contribution in [1.29, 1.82) is 0 Å². The van der Waals surface area contributed by atoms with Crippen LogP contribution in [0.25, 0.3) is 11.3 Å². The summed E-state index contributed by atoms with van der Waals surface area (Å²) in [6.07, 6.45) is 0. The number of thioether (sulfide) groups is 1. The second kappa shape index (κ2) is 6.92. The largest absolute Gasteiger partial charge is 0.497 e. The molecule has 1 aromatic heterocycles. The van der Waals surface area contributed by atoms with Crippen LogP contribution in [0.5, 0.6) is 5.75 Å². The lowest BCUT2D eigenvalue weighted by atomic mass is 10.1. The fraction of sp³-hybridized carbons (Fsp3) is 0.190. The number of hydrogen-bond donors (Lipinski definition) is 0. The van der Waals surface area contributed by atoms with Crippen LogP contribution in [0.15, 0.2) is 60.7 Å². The van der Waals surface area contributed by atoms with Gasteiger partial charge in [0.15, 0.2) is 0 Å². The van der Waals surface area contributed by atoms with Crippen molar-refractivity contribution in [2.75, 3.05) is 14.2 Å². The minimum absolute atomic E-state index is 0.140. The molecule has 0 spiro atoms. The van der Waals surface area contributed by atoms with Crippen LogP contribution in [0.1, 0.15) is 27.0 Å². The summed E-state index contributed by atoms with van der Waals surface area (Å²) < 4.78 is 12.6. The van der Waals surface area contributed by atoms with E-state index >= 15 is 0 Å².